The monoisotopic (exact) mass is 526 g/mol. The predicted molar refractivity (Wildman–Crippen MR) is 155 cm³/mol. The summed E-state index contributed by atoms with van der Waals surface area (Å²) in [5.41, 5.74) is 8.86. The zero-order chi connectivity index (χ0) is 28.2. The van der Waals surface area contributed by atoms with Crippen molar-refractivity contribution < 1.29 is 9.53 Å². The molecule has 0 bridgehead atoms. The lowest BCUT2D eigenvalue weighted by Crippen LogP contribution is -2.25. The van der Waals surface area contributed by atoms with E-state index >= 15 is 0 Å². The lowest BCUT2D eigenvalue weighted by molar-refractivity contribution is -0.148. The number of nitrogens with one attached hydrogen (secondary N) is 1. The summed E-state index contributed by atoms with van der Waals surface area (Å²) in [6, 6.07) is 15.3. The van der Waals surface area contributed by atoms with Crippen LogP contribution in [0, 0.1) is 13.8 Å². The maximum absolute atomic E-state index is 13.6. The number of ether oxygens (including phenoxy) is 1. The lowest BCUT2D eigenvalue weighted by atomic mass is 10.1. The Balaban J connectivity index is 1.56. The van der Waals surface area contributed by atoms with Gasteiger partial charge in [0.15, 0.2) is 0 Å². The molecule has 0 aliphatic carbocycles. The summed E-state index contributed by atoms with van der Waals surface area (Å²) in [6.07, 6.45) is 4.20. The Morgan fingerprint density at radius 2 is 1.79 bits per heavy atom. The molecule has 9 nitrogen and oxygen atoms in total. The van der Waals surface area contributed by atoms with E-state index in [9.17, 15) is 9.59 Å². The molecule has 4 aromatic rings. The van der Waals surface area contributed by atoms with Crippen molar-refractivity contribution in [2.24, 2.45) is 0 Å². The van der Waals surface area contributed by atoms with Crippen LogP contribution in [0.25, 0.3) is 22.7 Å². The summed E-state index contributed by atoms with van der Waals surface area (Å²) < 4.78 is 7.05. The third-order valence-electron chi connectivity index (χ3n) is 6.01. The first-order valence-corrected chi connectivity index (χ1v) is 12.9. The molecular weight excluding hydrogens is 492 g/mol. The van der Waals surface area contributed by atoms with Gasteiger partial charge in [0, 0.05) is 24.6 Å². The predicted octanol–water partition coefficient (Wildman–Crippen LogP) is 4.77. The molecule has 0 saturated carbocycles. The molecule has 0 saturated heterocycles. The van der Waals surface area contributed by atoms with Gasteiger partial charge in [-0.2, -0.15) is 4.98 Å². The molecule has 3 N–H and O–H groups in total. The third-order valence-corrected chi connectivity index (χ3v) is 6.01. The van der Waals surface area contributed by atoms with Crippen molar-refractivity contribution >= 4 is 34.7 Å². The first-order valence-electron chi connectivity index (χ1n) is 12.9. The summed E-state index contributed by atoms with van der Waals surface area (Å²) in [7, 11) is 0. The van der Waals surface area contributed by atoms with Crippen LogP contribution >= 0.6 is 0 Å². The topological polar surface area (TPSA) is 125 Å². The second-order valence-corrected chi connectivity index (χ2v) is 10.3. The third kappa shape index (κ3) is 6.67. The number of aromatic nitrogens is 4. The molecule has 4 rings (SSSR count). The molecule has 0 radical (unpaired) electrons. The van der Waals surface area contributed by atoms with Gasteiger partial charge in [-0.25, -0.2) is 14.8 Å². The number of nitrogens with two attached hydrogens (primary N) is 1. The highest BCUT2D eigenvalue weighted by atomic mass is 16.6. The number of fused-ring (bicyclic) bond motifs is 1. The second kappa shape index (κ2) is 11.5. The van der Waals surface area contributed by atoms with Gasteiger partial charge < -0.3 is 15.8 Å². The van der Waals surface area contributed by atoms with Crippen molar-refractivity contribution in [2.75, 3.05) is 17.6 Å². The molecule has 202 valence electrons. The number of hydrogen-bond donors (Lipinski definition) is 2. The molecule has 9 heteroatoms. The largest absolute Gasteiger partial charge is 0.457 e. The summed E-state index contributed by atoms with van der Waals surface area (Å²) in [4.78, 5) is 39.2. The number of aryl methyl sites for hydroxylation is 3. The Morgan fingerprint density at radius 3 is 2.51 bits per heavy atom. The van der Waals surface area contributed by atoms with Crippen LogP contribution in [-0.4, -0.2) is 37.6 Å². The molecule has 2 aromatic heterocycles. The Bertz CT molecular complexity index is 1590. The van der Waals surface area contributed by atoms with Gasteiger partial charge in [-0.1, -0.05) is 30.3 Å². The first kappa shape index (κ1) is 27.5. The summed E-state index contributed by atoms with van der Waals surface area (Å²) >= 11 is 0. The van der Waals surface area contributed by atoms with E-state index in [4.69, 9.17) is 15.5 Å². The number of nitrogen functional groups attached to an aromatic ring is 1. The average molecular weight is 527 g/mol. The second-order valence-electron chi connectivity index (χ2n) is 10.3. The maximum atomic E-state index is 13.6. The van der Waals surface area contributed by atoms with E-state index in [0.29, 0.717) is 53.2 Å². The molecule has 0 atom stereocenters. The SMILES string of the molecule is Cc1nc(N)nc(NCCCc2nc3cccc(C)c3c(=O)n2-c2ccccc2)c1C=CC(=O)OC(C)(C)C. The van der Waals surface area contributed by atoms with Crippen LogP contribution in [0.2, 0.25) is 0 Å². The molecule has 0 aliphatic heterocycles. The quantitative estimate of drug-likeness (QED) is 0.191. The van der Waals surface area contributed by atoms with Crippen molar-refractivity contribution in [3.05, 3.63) is 87.6 Å². The van der Waals surface area contributed by atoms with Crippen LogP contribution < -0.4 is 16.6 Å². The van der Waals surface area contributed by atoms with Crippen LogP contribution in [0.5, 0.6) is 0 Å². The van der Waals surface area contributed by atoms with E-state index in [2.05, 4.69) is 15.3 Å². The zero-order valence-corrected chi connectivity index (χ0v) is 23.0. The molecule has 0 amide bonds. The van der Waals surface area contributed by atoms with Crippen molar-refractivity contribution in [1.29, 1.82) is 0 Å². The van der Waals surface area contributed by atoms with Crippen molar-refractivity contribution in [3.63, 3.8) is 0 Å². The van der Waals surface area contributed by atoms with Gasteiger partial charge in [0.05, 0.1) is 22.3 Å². The number of hydrogen-bond acceptors (Lipinski definition) is 8. The number of nitrogens with zero attached hydrogens (tertiary/aromatic N) is 4. The number of para-hydroxylation sites is 1. The zero-order valence-electron chi connectivity index (χ0n) is 23.0. The van der Waals surface area contributed by atoms with Gasteiger partial charge in [-0.3, -0.25) is 9.36 Å². The summed E-state index contributed by atoms with van der Waals surface area (Å²) in [5, 5.41) is 3.93. The van der Waals surface area contributed by atoms with E-state index in [1.54, 1.807) is 17.6 Å². The van der Waals surface area contributed by atoms with E-state index in [1.165, 1.54) is 6.08 Å². The Kier molecular flexibility index (Phi) is 8.09. The Hall–Kier alpha value is -4.53. The first-order chi connectivity index (χ1) is 18.5. The van der Waals surface area contributed by atoms with Crippen molar-refractivity contribution in [2.45, 2.75) is 53.1 Å². The Labute approximate surface area is 227 Å². The number of rotatable bonds is 8. The molecule has 0 unspecified atom stereocenters. The van der Waals surface area contributed by atoms with Crippen molar-refractivity contribution in [3.8, 4) is 5.69 Å². The van der Waals surface area contributed by atoms with E-state index < -0.39 is 11.6 Å². The van der Waals surface area contributed by atoms with Crippen LogP contribution in [0.4, 0.5) is 11.8 Å². The molecule has 39 heavy (non-hydrogen) atoms. The van der Waals surface area contributed by atoms with E-state index in [1.807, 2.05) is 76.2 Å². The van der Waals surface area contributed by atoms with Gasteiger partial charge >= 0.3 is 5.97 Å². The summed E-state index contributed by atoms with van der Waals surface area (Å²) in [6.45, 7) is 9.69. The number of esters is 1. The van der Waals surface area contributed by atoms with Gasteiger partial charge in [-0.15, -0.1) is 0 Å². The highest BCUT2D eigenvalue weighted by Gasteiger charge is 2.16. The standard InChI is InChI=1S/C30H34N6O3/c1-19-11-9-14-23-26(19)28(38)36(21-12-7-6-8-13-21)24(34-23)15-10-18-32-27-22(20(2)33-29(31)35-27)16-17-25(37)39-30(3,4)5/h6-9,11-14,16-17H,10,15,18H2,1-5H3,(H3,31,32,33,35). The fraction of sp³-hybridized carbons (Fsp3) is 0.300. The highest BCUT2D eigenvalue weighted by molar-refractivity contribution is 5.88. The fourth-order valence-corrected chi connectivity index (χ4v) is 4.33. The van der Waals surface area contributed by atoms with E-state index in [0.717, 1.165) is 11.3 Å². The molecule has 0 spiro atoms. The van der Waals surface area contributed by atoms with Gasteiger partial charge in [0.25, 0.3) is 5.56 Å². The minimum absolute atomic E-state index is 0.0824. The minimum atomic E-state index is -0.592. The smallest absolute Gasteiger partial charge is 0.331 e. The molecule has 0 fully saturated rings. The van der Waals surface area contributed by atoms with Crippen LogP contribution in [-0.2, 0) is 16.0 Å². The summed E-state index contributed by atoms with van der Waals surface area (Å²) in [5.74, 6) is 0.868. The lowest BCUT2D eigenvalue weighted by Gasteiger charge is -2.18. The fourth-order valence-electron chi connectivity index (χ4n) is 4.33. The van der Waals surface area contributed by atoms with Crippen molar-refractivity contribution in [1.82, 2.24) is 19.5 Å². The average Bonchev–Trinajstić information content (AvgIpc) is 2.85. The Morgan fingerprint density at radius 1 is 1.05 bits per heavy atom. The molecule has 2 aromatic carbocycles. The van der Waals surface area contributed by atoms with Crippen LogP contribution in [0.3, 0.4) is 0 Å². The van der Waals surface area contributed by atoms with Crippen LogP contribution in [0.1, 0.15) is 49.8 Å². The normalized spacial score (nSPS) is 11.7. The number of carbonyl (C=O) groups is 1. The molecule has 2 heterocycles. The van der Waals surface area contributed by atoms with Gasteiger partial charge in [0.1, 0.15) is 17.2 Å². The maximum Gasteiger partial charge on any atom is 0.331 e. The van der Waals surface area contributed by atoms with Crippen LogP contribution in [0.15, 0.2) is 59.4 Å². The molecule has 0 aliphatic rings. The number of anilines is 2. The number of benzene rings is 2. The number of carbonyl (C=O) groups excluding carboxylic acids is 1. The highest BCUT2D eigenvalue weighted by Crippen LogP contribution is 2.21. The van der Waals surface area contributed by atoms with Gasteiger partial charge in [0.2, 0.25) is 5.95 Å². The molecular formula is C30H34N6O3. The van der Waals surface area contributed by atoms with Gasteiger partial charge in [-0.05, 0) is 70.9 Å². The van der Waals surface area contributed by atoms with E-state index in [-0.39, 0.29) is 11.5 Å². The minimum Gasteiger partial charge on any atom is -0.457 e.